The summed E-state index contributed by atoms with van der Waals surface area (Å²) in [4.78, 5) is 19.2. The van der Waals surface area contributed by atoms with E-state index in [1.54, 1.807) is 0 Å². The Morgan fingerprint density at radius 2 is 1.88 bits per heavy atom. The zero-order chi connectivity index (χ0) is 18.0. The fraction of sp³-hybridized carbons (Fsp3) is 0.650. The Labute approximate surface area is 152 Å². The normalized spacial score (nSPS) is 24.6. The van der Waals surface area contributed by atoms with Gasteiger partial charge in [0.1, 0.15) is 0 Å². The van der Waals surface area contributed by atoms with Crippen LogP contribution in [0.3, 0.4) is 0 Å². The van der Waals surface area contributed by atoms with Crippen LogP contribution in [0, 0.1) is 19.3 Å². The summed E-state index contributed by atoms with van der Waals surface area (Å²) in [6, 6.07) is 6.70. The molecule has 0 aliphatic carbocycles. The van der Waals surface area contributed by atoms with Crippen molar-refractivity contribution in [2.24, 2.45) is 5.41 Å². The van der Waals surface area contributed by atoms with E-state index >= 15 is 0 Å². The second-order valence-corrected chi connectivity index (χ2v) is 8.22. The largest absolute Gasteiger partial charge is 0.368 e. The van der Waals surface area contributed by atoms with Crippen LogP contribution in [0.15, 0.2) is 18.2 Å². The number of nitrogens with one attached hydrogen (secondary N) is 1. The van der Waals surface area contributed by atoms with Crippen molar-refractivity contribution in [3.05, 3.63) is 29.3 Å². The lowest BCUT2D eigenvalue weighted by molar-refractivity contribution is 0.187. The highest BCUT2D eigenvalue weighted by atomic mass is 16.2. The highest BCUT2D eigenvalue weighted by molar-refractivity contribution is 5.74. The maximum Gasteiger partial charge on any atom is 0.317 e. The first-order valence-electron chi connectivity index (χ1n) is 9.40. The smallest absolute Gasteiger partial charge is 0.317 e. The number of aryl methyl sites for hydroxylation is 2. The zero-order valence-corrected chi connectivity index (χ0v) is 16.1. The first kappa shape index (κ1) is 18.1. The molecule has 1 aromatic carbocycles. The quantitative estimate of drug-likeness (QED) is 0.916. The first-order valence-corrected chi connectivity index (χ1v) is 9.40. The number of nitrogens with zero attached hydrogens (tertiary/aromatic N) is 3. The molecule has 1 N–H and O–H groups in total. The van der Waals surface area contributed by atoms with Gasteiger partial charge in [-0.25, -0.2) is 4.79 Å². The van der Waals surface area contributed by atoms with Crippen molar-refractivity contribution < 1.29 is 4.79 Å². The van der Waals surface area contributed by atoms with E-state index in [9.17, 15) is 4.79 Å². The van der Waals surface area contributed by atoms with E-state index in [1.807, 2.05) is 4.90 Å². The summed E-state index contributed by atoms with van der Waals surface area (Å²) >= 11 is 0. The van der Waals surface area contributed by atoms with Crippen molar-refractivity contribution in [3.63, 3.8) is 0 Å². The number of carbonyl (C=O) groups is 1. The van der Waals surface area contributed by atoms with Crippen LogP contribution in [-0.4, -0.2) is 68.7 Å². The lowest BCUT2D eigenvalue weighted by atomic mass is 9.90. The number of hydrogen-bond acceptors (Lipinski definition) is 3. The van der Waals surface area contributed by atoms with Crippen LogP contribution < -0.4 is 10.2 Å². The van der Waals surface area contributed by atoms with Crippen LogP contribution in [0.4, 0.5) is 10.5 Å². The van der Waals surface area contributed by atoms with Crippen LogP contribution in [0.1, 0.15) is 24.5 Å². The molecule has 2 heterocycles. The number of piperazine rings is 1. The van der Waals surface area contributed by atoms with Gasteiger partial charge in [0.15, 0.2) is 0 Å². The van der Waals surface area contributed by atoms with Gasteiger partial charge < -0.3 is 20.0 Å². The van der Waals surface area contributed by atoms with Gasteiger partial charge in [-0.2, -0.15) is 0 Å². The van der Waals surface area contributed by atoms with Crippen LogP contribution in [0.5, 0.6) is 0 Å². The maximum atomic E-state index is 12.5. The molecule has 1 atom stereocenters. The van der Waals surface area contributed by atoms with Crippen LogP contribution in [-0.2, 0) is 0 Å². The number of likely N-dealkylation sites (tertiary alicyclic amines) is 1. The Morgan fingerprint density at radius 1 is 1.16 bits per heavy atom. The summed E-state index contributed by atoms with van der Waals surface area (Å²) in [5.74, 6) is 0. The third-order valence-corrected chi connectivity index (χ3v) is 5.67. The number of benzene rings is 1. The standard InChI is InChI=1S/C20H32N4O/c1-16-5-6-18(17(2)13-16)23-9-11-24(12-10-23)19(25)21-14-20(3)7-8-22(4)15-20/h5-6,13H,7-12,14-15H2,1-4H3,(H,21,25)/t20-/m0/s1. The molecule has 5 heteroatoms. The highest BCUT2D eigenvalue weighted by Crippen LogP contribution is 2.28. The third kappa shape index (κ3) is 4.27. The average Bonchev–Trinajstić information content (AvgIpc) is 2.92. The van der Waals surface area contributed by atoms with Crippen molar-refractivity contribution >= 4 is 11.7 Å². The molecule has 2 saturated heterocycles. The van der Waals surface area contributed by atoms with Gasteiger partial charge in [-0.15, -0.1) is 0 Å². The van der Waals surface area contributed by atoms with Crippen molar-refractivity contribution in [1.29, 1.82) is 0 Å². The monoisotopic (exact) mass is 344 g/mol. The number of rotatable bonds is 3. The molecule has 0 aromatic heterocycles. The van der Waals surface area contributed by atoms with Gasteiger partial charge in [-0.05, 0) is 50.9 Å². The SMILES string of the molecule is Cc1ccc(N2CCN(C(=O)NC[C@]3(C)CCN(C)C3)CC2)c(C)c1. The minimum absolute atomic E-state index is 0.0936. The second-order valence-electron chi connectivity index (χ2n) is 8.22. The van der Waals surface area contributed by atoms with Crippen LogP contribution >= 0.6 is 0 Å². The summed E-state index contributed by atoms with van der Waals surface area (Å²) in [5.41, 5.74) is 4.12. The molecule has 2 fully saturated rings. The predicted octanol–water partition coefficient (Wildman–Crippen LogP) is 2.48. The van der Waals surface area contributed by atoms with E-state index in [0.717, 1.165) is 52.2 Å². The Morgan fingerprint density at radius 3 is 2.48 bits per heavy atom. The van der Waals surface area contributed by atoms with Crippen LogP contribution in [0.25, 0.3) is 0 Å². The van der Waals surface area contributed by atoms with Crippen molar-refractivity contribution in [1.82, 2.24) is 15.1 Å². The van der Waals surface area contributed by atoms with Crippen molar-refractivity contribution in [3.8, 4) is 0 Å². The van der Waals surface area contributed by atoms with Gasteiger partial charge in [-0.1, -0.05) is 24.6 Å². The molecule has 5 nitrogen and oxygen atoms in total. The molecule has 2 aliphatic heterocycles. The van der Waals surface area contributed by atoms with Crippen LogP contribution in [0.2, 0.25) is 0 Å². The molecule has 0 radical (unpaired) electrons. The molecular formula is C20H32N4O. The van der Waals surface area contributed by atoms with E-state index in [1.165, 1.54) is 16.8 Å². The number of anilines is 1. The zero-order valence-electron chi connectivity index (χ0n) is 16.1. The molecule has 2 aliphatic rings. The summed E-state index contributed by atoms with van der Waals surface area (Å²) in [5, 5.41) is 3.17. The lowest BCUT2D eigenvalue weighted by Crippen LogP contribution is -2.53. The number of urea groups is 1. The number of carbonyl (C=O) groups excluding carboxylic acids is 1. The molecule has 0 unspecified atom stereocenters. The van der Waals surface area contributed by atoms with E-state index in [4.69, 9.17) is 0 Å². The second kappa shape index (κ2) is 7.24. The van der Waals surface area contributed by atoms with Gasteiger partial charge in [0.2, 0.25) is 0 Å². The van der Waals surface area contributed by atoms with Crippen molar-refractivity contribution in [2.45, 2.75) is 27.2 Å². The minimum Gasteiger partial charge on any atom is -0.368 e. The predicted molar refractivity (Wildman–Crippen MR) is 103 cm³/mol. The summed E-state index contributed by atoms with van der Waals surface area (Å²) in [6.45, 7) is 12.9. The van der Waals surface area contributed by atoms with E-state index in [2.05, 4.69) is 61.1 Å². The van der Waals surface area contributed by atoms with Gasteiger partial charge >= 0.3 is 6.03 Å². The Balaban J connectivity index is 1.49. The highest BCUT2D eigenvalue weighted by Gasteiger charge is 2.33. The lowest BCUT2D eigenvalue weighted by Gasteiger charge is -2.37. The molecule has 0 spiro atoms. The number of hydrogen-bond donors (Lipinski definition) is 1. The van der Waals surface area contributed by atoms with Gasteiger partial charge in [0.25, 0.3) is 0 Å². The summed E-state index contributed by atoms with van der Waals surface area (Å²) in [6.07, 6.45) is 1.16. The van der Waals surface area contributed by atoms with Gasteiger partial charge in [-0.3, -0.25) is 0 Å². The van der Waals surface area contributed by atoms with E-state index in [0.29, 0.717) is 0 Å². The maximum absolute atomic E-state index is 12.5. The molecular weight excluding hydrogens is 312 g/mol. The molecule has 1 aromatic rings. The Kier molecular flexibility index (Phi) is 5.23. The Bertz CT molecular complexity index is 624. The molecule has 3 rings (SSSR count). The summed E-state index contributed by atoms with van der Waals surface area (Å²) < 4.78 is 0. The molecule has 0 saturated carbocycles. The minimum atomic E-state index is 0.0936. The van der Waals surface area contributed by atoms with Gasteiger partial charge in [0, 0.05) is 45.0 Å². The molecule has 138 valence electrons. The molecule has 2 amide bonds. The van der Waals surface area contributed by atoms with E-state index in [-0.39, 0.29) is 11.4 Å². The fourth-order valence-corrected chi connectivity index (χ4v) is 4.13. The van der Waals surface area contributed by atoms with Crippen molar-refractivity contribution in [2.75, 3.05) is 57.8 Å². The Hall–Kier alpha value is -1.75. The average molecular weight is 345 g/mol. The first-order chi connectivity index (χ1) is 11.9. The fourth-order valence-electron chi connectivity index (χ4n) is 4.13. The van der Waals surface area contributed by atoms with E-state index < -0.39 is 0 Å². The summed E-state index contributed by atoms with van der Waals surface area (Å²) in [7, 11) is 2.15. The number of amides is 2. The topological polar surface area (TPSA) is 38.8 Å². The molecule has 0 bridgehead atoms. The van der Waals surface area contributed by atoms with Gasteiger partial charge in [0.05, 0.1) is 0 Å². The molecule has 25 heavy (non-hydrogen) atoms. The third-order valence-electron chi connectivity index (χ3n) is 5.67.